The quantitative estimate of drug-likeness (QED) is 0.412. The van der Waals surface area contributed by atoms with Crippen LogP contribution in [-0.4, -0.2) is 42.8 Å². The molecule has 0 aliphatic heterocycles. The molecule has 1 aromatic heterocycles. The van der Waals surface area contributed by atoms with E-state index < -0.39 is 33.6 Å². The number of nitrogens with zero attached hydrogens (tertiary/aromatic N) is 3. The number of aromatic carboxylic acids is 1. The number of carboxylic acids is 1. The summed E-state index contributed by atoms with van der Waals surface area (Å²) in [5.74, 6) is -1.71. The minimum absolute atomic E-state index is 0.0625. The molecule has 0 aliphatic carbocycles. The molecule has 0 unspecified atom stereocenters. The highest BCUT2D eigenvalue weighted by molar-refractivity contribution is 7.92. The lowest BCUT2D eigenvalue weighted by molar-refractivity contribution is -0.137. The Morgan fingerprint density at radius 2 is 1.89 bits per heavy atom. The summed E-state index contributed by atoms with van der Waals surface area (Å²) in [6, 6.07) is 10.6. The maximum absolute atomic E-state index is 13.5. The van der Waals surface area contributed by atoms with Gasteiger partial charge in [-0.25, -0.2) is 18.2 Å². The topological polar surface area (TPSA) is 125 Å². The van der Waals surface area contributed by atoms with Gasteiger partial charge in [-0.3, -0.25) is 4.31 Å². The third kappa shape index (κ3) is 6.38. The predicted molar refractivity (Wildman–Crippen MR) is 125 cm³/mol. The number of halogens is 3. The second-order valence-corrected chi connectivity index (χ2v) is 9.68. The van der Waals surface area contributed by atoms with E-state index in [1.54, 1.807) is 25.1 Å². The molecule has 9 nitrogen and oxygen atoms in total. The van der Waals surface area contributed by atoms with Crippen LogP contribution in [0.25, 0.3) is 0 Å². The van der Waals surface area contributed by atoms with Crippen LogP contribution in [0.5, 0.6) is 0 Å². The molecule has 2 aromatic carbocycles. The number of benzene rings is 2. The molecule has 13 heteroatoms. The van der Waals surface area contributed by atoms with Crippen molar-refractivity contribution >= 4 is 39.1 Å². The van der Waals surface area contributed by atoms with Crippen molar-refractivity contribution in [3.05, 3.63) is 70.9 Å². The number of rotatable bonds is 8. The second kappa shape index (κ2) is 9.78. The first kappa shape index (κ1) is 25.7. The van der Waals surface area contributed by atoms with E-state index in [0.29, 0.717) is 28.7 Å². The zero-order valence-electron chi connectivity index (χ0n) is 18.9. The second-order valence-electron chi connectivity index (χ2n) is 7.67. The van der Waals surface area contributed by atoms with Crippen LogP contribution in [0, 0.1) is 6.92 Å². The molecule has 3 rings (SSSR count). The van der Waals surface area contributed by atoms with Crippen molar-refractivity contribution in [2.75, 3.05) is 28.2 Å². The standard InChI is InChI=1S/C22H22F3N5O4S/c1-13-9-15(20(31)32)7-8-18(13)28-21-27-12-17(22(23,24)25)19(29-21)26-11-14-5-4-6-16(10-14)30(2)35(3,33)34/h4-10,12H,11H2,1-3H3,(H,31,32)(H2,26,27,28,29). The summed E-state index contributed by atoms with van der Waals surface area (Å²) < 4.78 is 65.3. The Labute approximate surface area is 199 Å². The maximum atomic E-state index is 13.5. The van der Waals surface area contributed by atoms with Crippen LogP contribution in [0.15, 0.2) is 48.7 Å². The molecule has 0 saturated carbocycles. The van der Waals surface area contributed by atoms with Crippen molar-refractivity contribution in [3.63, 3.8) is 0 Å². The predicted octanol–water partition coefficient (Wildman–Crippen LogP) is 4.25. The fourth-order valence-electron chi connectivity index (χ4n) is 3.08. The molecular weight excluding hydrogens is 487 g/mol. The number of hydrogen-bond donors (Lipinski definition) is 3. The molecule has 186 valence electrons. The van der Waals surface area contributed by atoms with Crippen LogP contribution < -0.4 is 14.9 Å². The molecule has 0 amide bonds. The Morgan fingerprint density at radius 3 is 2.49 bits per heavy atom. The number of aromatic nitrogens is 2. The normalized spacial score (nSPS) is 11.7. The molecule has 0 radical (unpaired) electrons. The number of hydrogen-bond acceptors (Lipinski definition) is 7. The van der Waals surface area contributed by atoms with Crippen molar-refractivity contribution in [2.24, 2.45) is 0 Å². The number of nitrogens with one attached hydrogen (secondary N) is 2. The minimum Gasteiger partial charge on any atom is -0.478 e. The van der Waals surface area contributed by atoms with Gasteiger partial charge in [0.2, 0.25) is 16.0 Å². The highest BCUT2D eigenvalue weighted by Gasteiger charge is 2.35. The molecule has 0 bridgehead atoms. The molecule has 35 heavy (non-hydrogen) atoms. The average molecular weight is 510 g/mol. The lowest BCUT2D eigenvalue weighted by atomic mass is 10.1. The first-order valence-corrected chi connectivity index (χ1v) is 11.9. The van der Waals surface area contributed by atoms with E-state index >= 15 is 0 Å². The lowest BCUT2D eigenvalue weighted by Gasteiger charge is -2.18. The molecule has 1 heterocycles. The molecule has 3 aromatic rings. The molecule has 0 spiro atoms. The van der Waals surface area contributed by atoms with Gasteiger partial charge in [0.05, 0.1) is 17.5 Å². The third-order valence-electron chi connectivity index (χ3n) is 5.05. The summed E-state index contributed by atoms with van der Waals surface area (Å²) in [7, 11) is -2.14. The zero-order chi connectivity index (χ0) is 26.0. The molecular formula is C22H22F3N5O4S. The monoisotopic (exact) mass is 509 g/mol. The number of anilines is 4. The van der Waals surface area contributed by atoms with E-state index in [2.05, 4.69) is 20.6 Å². The van der Waals surface area contributed by atoms with Gasteiger partial charge in [0, 0.05) is 25.5 Å². The highest BCUT2D eigenvalue weighted by atomic mass is 32.2. The summed E-state index contributed by atoms with van der Waals surface area (Å²) in [6.07, 6.45) is -3.04. The Hall–Kier alpha value is -3.87. The number of sulfonamides is 1. The Bertz CT molecular complexity index is 1360. The summed E-state index contributed by atoms with van der Waals surface area (Å²) in [5.41, 5.74) is 0.831. The van der Waals surface area contributed by atoms with Gasteiger partial charge in [-0.15, -0.1) is 0 Å². The van der Waals surface area contributed by atoms with E-state index in [9.17, 15) is 26.4 Å². The fourth-order valence-corrected chi connectivity index (χ4v) is 3.58. The van der Waals surface area contributed by atoms with Crippen molar-refractivity contribution < 1.29 is 31.5 Å². The Morgan fingerprint density at radius 1 is 1.17 bits per heavy atom. The average Bonchev–Trinajstić information content (AvgIpc) is 2.77. The van der Waals surface area contributed by atoms with E-state index in [4.69, 9.17) is 5.11 Å². The van der Waals surface area contributed by atoms with Crippen molar-refractivity contribution in [2.45, 2.75) is 19.6 Å². The smallest absolute Gasteiger partial charge is 0.421 e. The first-order chi connectivity index (χ1) is 16.3. The number of carboxylic acid groups (broad SMARTS) is 1. The zero-order valence-corrected chi connectivity index (χ0v) is 19.7. The van der Waals surface area contributed by atoms with Crippen LogP contribution in [0.1, 0.15) is 27.0 Å². The minimum atomic E-state index is -4.72. The number of alkyl halides is 3. The number of aryl methyl sites for hydroxylation is 1. The van der Waals surface area contributed by atoms with E-state index in [1.807, 2.05) is 0 Å². The maximum Gasteiger partial charge on any atom is 0.421 e. The van der Waals surface area contributed by atoms with Gasteiger partial charge in [0.1, 0.15) is 11.4 Å². The Kier molecular flexibility index (Phi) is 7.19. The van der Waals surface area contributed by atoms with Gasteiger partial charge < -0.3 is 15.7 Å². The summed E-state index contributed by atoms with van der Waals surface area (Å²) in [5, 5.41) is 14.5. The van der Waals surface area contributed by atoms with Gasteiger partial charge in [-0.2, -0.15) is 18.2 Å². The van der Waals surface area contributed by atoms with Gasteiger partial charge >= 0.3 is 12.1 Å². The first-order valence-electron chi connectivity index (χ1n) is 10.1. The van der Waals surface area contributed by atoms with Gasteiger partial charge in [-0.1, -0.05) is 12.1 Å². The fraction of sp³-hybridized carbons (Fsp3) is 0.227. The molecule has 0 aliphatic rings. The van der Waals surface area contributed by atoms with E-state index in [0.717, 1.165) is 10.6 Å². The van der Waals surface area contributed by atoms with Crippen molar-refractivity contribution in [1.29, 1.82) is 0 Å². The Balaban J connectivity index is 1.87. The van der Waals surface area contributed by atoms with Crippen LogP contribution in [0.2, 0.25) is 0 Å². The van der Waals surface area contributed by atoms with Gasteiger partial charge in [-0.05, 0) is 48.4 Å². The third-order valence-corrected chi connectivity index (χ3v) is 6.25. The SMILES string of the molecule is Cc1cc(C(=O)O)ccc1Nc1ncc(C(F)(F)F)c(NCc2cccc(N(C)S(C)(=O)=O)c2)n1. The van der Waals surface area contributed by atoms with Gasteiger partial charge in [0.25, 0.3) is 0 Å². The summed E-state index contributed by atoms with van der Waals surface area (Å²) in [4.78, 5) is 18.8. The molecule has 3 N–H and O–H groups in total. The van der Waals surface area contributed by atoms with Crippen LogP contribution in [0.4, 0.5) is 36.3 Å². The van der Waals surface area contributed by atoms with E-state index in [1.165, 1.54) is 31.3 Å². The summed E-state index contributed by atoms with van der Waals surface area (Å²) >= 11 is 0. The van der Waals surface area contributed by atoms with Crippen molar-refractivity contribution in [1.82, 2.24) is 9.97 Å². The van der Waals surface area contributed by atoms with Crippen LogP contribution >= 0.6 is 0 Å². The highest BCUT2D eigenvalue weighted by Crippen LogP contribution is 2.34. The largest absolute Gasteiger partial charge is 0.478 e. The lowest BCUT2D eigenvalue weighted by Crippen LogP contribution is -2.24. The molecule has 0 fully saturated rings. The van der Waals surface area contributed by atoms with Gasteiger partial charge in [0.15, 0.2) is 0 Å². The van der Waals surface area contributed by atoms with E-state index in [-0.39, 0.29) is 18.1 Å². The molecule has 0 saturated heterocycles. The van der Waals surface area contributed by atoms with Crippen LogP contribution in [-0.2, 0) is 22.7 Å². The number of carbonyl (C=O) groups is 1. The van der Waals surface area contributed by atoms with Crippen molar-refractivity contribution in [3.8, 4) is 0 Å². The molecule has 0 atom stereocenters. The summed E-state index contributed by atoms with van der Waals surface area (Å²) in [6.45, 7) is 1.57. The van der Waals surface area contributed by atoms with Crippen LogP contribution in [0.3, 0.4) is 0 Å².